The van der Waals surface area contributed by atoms with Crippen molar-refractivity contribution in [3.8, 4) is 0 Å². The average Bonchev–Trinajstić information content (AvgIpc) is 2.38. The van der Waals surface area contributed by atoms with Gasteiger partial charge in [0, 0.05) is 31.4 Å². The number of aryl methyl sites for hydroxylation is 1. The predicted octanol–water partition coefficient (Wildman–Crippen LogP) is 1.98. The molecule has 2 rings (SSSR count). The predicted molar refractivity (Wildman–Crippen MR) is 78.0 cm³/mol. The Bertz CT molecular complexity index is 393. The second-order valence-corrected chi connectivity index (χ2v) is 5.51. The van der Waals surface area contributed by atoms with Crippen LogP contribution in [0.4, 0.5) is 5.69 Å². The van der Waals surface area contributed by atoms with Crippen molar-refractivity contribution < 1.29 is 0 Å². The summed E-state index contributed by atoms with van der Waals surface area (Å²) in [7, 11) is 4.36. The van der Waals surface area contributed by atoms with E-state index in [0.717, 1.165) is 19.1 Å². The van der Waals surface area contributed by atoms with Crippen LogP contribution in [0.5, 0.6) is 0 Å². The Kier molecular flexibility index (Phi) is 4.25. The van der Waals surface area contributed by atoms with Gasteiger partial charge in [-0.15, -0.1) is 0 Å². The largest absolute Gasteiger partial charge is 0.371 e. The fourth-order valence-electron chi connectivity index (χ4n) is 2.82. The van der Waals surface area contributed by atoms with Crippen molar-refractivity contribution >= 4 is 5.69 Å². The van der Waals surface area contributed by atoms with Crippen LogP contribution in [0, 0.1) is 6.92 Å². The lowest BCUT2D eigenvalue weighted by Gasteiger charge is -2.37. The van der Waals surface area contributed by atoms with E-state index in [9.17, 15) is 0 Å². The van der Waals surface area contributed by atoms with E-state index in [1.54, 1.807) is 0 Å². The molecule has 0 atom stereocenters. The highest BCUT2D eigenvalue weighted by Crippen LogP contribution is 2.25. The van der Waals surface area contributed by atoms with Crippen LogP contribution in [0.1, 0.15) is 24.0 Å². The van der Waals surface area contributed by atoms with Gasteiger partial charge in [0.1, 0.15) is 0 Å². The molecule has 2 N–H and O–H groups in total. The Labute approximate surface area is 111 Å². The van der Waals surface area contributed by atoms with E-state index in [-0.39, 0.29) is 0 Å². The van der Waals surface area contributed by atoms with Gasteiger partial charge in [-0.05, 0) is 51.1 Å². The van der Waals surface area contributed by atoms with E-state index in [4.69, 9.17) is 5.73 Å². The molecule has 1 aromatic rings. The van der Waals surface area contributed by atoms with Crippen LogP contribution >= 0.6 is 0 Å². The first-order chi connectivity index (χ1) is 8.61. The zero-order valence-corrected chi connectivity index (χ0v) is 11.8. The lowest BCUT2D eigenvalue weighted by molar-refractivity contribution is 0.249. The molecule has 1 aliphatic rings. The summed E-state index contributed by atoms with van der Waals surface area (Å²) >= 11 is 0. The topological polar surface area (TPSA) is 32.5 Å². The molecule has 0 radical (unpaired) electrons. The highest BCUT2D eigenvalue weighted by molar-refractivity contribution is 5.54. The molecule has 1 aromatic carbocycles. The van der Waals surface area contributed by atoms with E-state index in [0.29, 0.717) is 6.54 Å². The summed E-state index contributed by atoms with van der Waals surface area (Å²) in [5.74, 6) is 0. The highest BCUT2D eigenvalue weighted by atomic mass is 15.2. The second kappa shape index (κ2) is 5.72. The maximum atomic E-state index is 5.68. The molecule has 0 saturated carbocycles. The van der Waals surface area contributed by atoms with Crippen molar-refractivity contribution in [2.45, 2.75) is 32.4 Å². The van der Waals surface area contributed by atoms with Crippen molar-refractivity contribution in [1.82, 2.24) is 4.90 Å². The number of piperidine rings is 1. The Balaban J connectivity index is 2.05. The summed E-state index contributed by atoms with van der Waals surface area (Å²) in [5, 5.41) is 0. The molecule has 1 heterocycles. The fourth-order valence-corrected chi connectivity index (χ4v) is 2.82. The first-order valence-corrected chi connectivity index (χ1v) is 6.83. The molecular weight excluding hydrogens is 222 g/mol. The standard InChI is InChI=1S/C15H25N3/c1-12-10-13(11-16)4-5-15(12)18-8-6-14(7-9-18)17(2)3/h4-5,10,14H,6-9,11,16H2,1-3H3. The van der Waals surface area contributed by atoms with Gasteiger partial charge in [0.2, 0.25) is 0 Å². The first-order valence-electron chi connectivity index (χ1n) is 6.83. The molecule has 100 valence electrons. The van der Waals surface area contributed by atoms with Gasteiger partial charge >= 0.3 is 0 Å². The van der Waals surface area contributed by atoms with Crippen molar-refractivity contribution in [3.63, 3.8) is 0 Å². The zero-order valence-electron chi connectivity index (χ0n) is 11.8. The monoisotopic (exact) mass is 247 g/mol. The summed E-state index contributed by atoms with van der Waals surface area (Å²) in [6.07, 6.45) is 2.51. The van der Waals surface area contributed by atoms with Crippen LogP contribution in [0.2, 0.25) is 0 Å². The first kappa shape index (κ1) is 13.4. The fraction of sp³-hybridized carbons (Fsp3) is 0.600. The van der Waals surface area contributed by atoms with Crippen LogP contribution in [0.15, 0.2) is 18.2 Å². The van der Waals surface area contributed by atoms with Crippen LogP contribution in [0.25, 0.3) is 0 Å². The van der Waals surface area contributed by atoms with Gasteiger partial charge in [0.25, 0.3) is 0 Å². The SMILES string of the molecule is Cc1cc(CN)ccc1N1CCC(N(C)C)CC1. The van der Waals surface area contributed by atoms with Gasteiger partial charge in [0.05, 0.1) is 0 Å². The van der Waals surface area contributed by atoms with Gasteiger partial charge in [-0.2, -0.15) is 0 Å². The molecular formula is C15H25N3. The van der Waals surface area contributed by atoms with Gasteiger partial charge in [-0.1, -0.05) is 12.1 Å². The lowest BCUT2D eigenvalue weighted by atomic mass is 10.0. The quantitative estimate of drug-likeness (QED) is 0.886. The summed E-state index contributed by atoms with van der Waals surface area (Å²) in [5.41, 5.74) is 9.63. The normalized spacial score (nSPS) is 17.5. The molecule has 0 aliphatic carbocycles. The van der Waals surface area contributed by atoms with Crippen molar-refractivity contribution in [2.24, 2.45) is 5.73 Å². The van der Waals surface area contributed by atoms with Crippen LogP contribution in [0.3, 0.4) is 0 Å². The molecule has 1 saturated heterocycles. The van der Waals surface area contributed by atoms with E-state index in [2.05, 4.69) is 49.0 Å². The van der Waals surface area contributed by atoms with Gasteiger partial charge in [-0.3, -0.25) is 0 Å². The van der Waals surface area contributed by atoms with Crippen LogP contribution in [-0.4, -0.2) is 38.1 Å². The molecule has 0 amide bonds. The maximum absolute atomic E-state index is 5.68. The van der Waals surface area contributed by atoms with Crippen molar-refractivity contribution in [2.75, 3.05) is 32.1 Å². The number of benzene rings is 1. The number of hydrogen-bond acceptors (Lipinski definition) is 3. The number of anilines is 1. The van der Waals surface area contributed by atoms with Crippen LogP contribution < -0.4 is 10.6 Å². The Morgan fingerprint density at radius 1 is 1.28 bits per heavy atom. The smallest absolute Gasteiger partial charge is 0.0396 e. The van der Waals surface area contributed by atoms with E-state index in [1.165, 1.54) is 29.7 Å². The zero-order chi connectivity index (χ0) is 13.1. The third-order valence-electron chi connectivity index (χ3n) is 4.03. The Morgan fingerprint density at radius 2 is 1.94 bits per heavy atom. The molecule has 1 fully saturated rings. The molecule has 0 bridgehead atoms. The van der Waals surface area contributed by atoms with E-state index < -0.39 is 0 Å². The second-order valence-electron chi connectivity index (χ2n) is 5.51. The molecule has 0 unspecified atom stereocenters. The minimum absolute atomic E-state index is 0.629. The Hall–Kier alpha value is -1.06. The van der Waals surface area contributed by atoms with Crippen molar-refractivity contribution in [1.29, 1.82) is 0 Å². The minimum atomic E-state index is 0.629. The van der Waals surface area contributed by atoms with Crippen molar-refractivity contribution in [3.05, 3.63) is 29.3 Å². The van der Waals surface area contributed by atoms with E-state index >= 15 is 0 Å². The molecule has 0 aromatic heterocycles. The molecule has 3 nitrogen and oxygen atoms in total. The molecule has 18 heavy (non-hydrogen) atoms. The third kappa shape index (κ3) is 2.85. The Morgan fingerprint density at radius 3 is 2.44 bits per heavy atom. The number of nitrogens with zero attached hydrogens (tertiary/aromatic N) is 2. The van der Waals surface area contributed by atoms with Gasteiger partial charge in [0.15, 0.2) is 0 Å². The summed E-state index contributed by atoms with van der Waals surface area (Å²) in [4.78, 5) is 4.86. The highest BCUT2D eigenvalue weighted by Gasteiger charge is 2.21. The summed E-state index contributed by atoms with van der Waals surface area (Å²) in [6, 6.07) is 7.34. The summed E-state index contributed by atoms with van der Waals surface area (Å²) < 4.78 is 0. The lowest BCUT2D eigenvalue weighted by Crippen LogP contribution is -2.42. The van der Waals surface area contributed by atoms with E-state index in [1.807, 2.05) is 0 Å². The average molecular weight is 247 g/mol. The molecule has 1 aliphatic heterocycles. The number of nitrogens with two attached hydrogens (primary N) is 1. The molecule has 0 spiro atoms. The number of rotatable bonds is 3. The molecule has 3 heteroatoms. The summed E-state index contributed by atoms with van der Waals surface area (Å²) in [6.45, 7) is 5.13. The van der Waals surface area contributed by atoms with Gasteiger partial charge < -0.3 is 15.5 Å². The number of hydrogen-bond donors (Lipinski definition) is 1. The maximum Gasteiger partial charge on any atom is 0.0396 e. The van der Waals surface area contributed by atoms with Crippen LogP contribution in [-0.2, 0) is 6.54 Å². The van der Waals surface area contributed by atoms with Gasteiger partial charge in [-0.25, -0.2) is 0 Å². The minimum Gasteiger partial charge on any atom is -0.371 e. The third-order valence-corrected chi connectivity index (χ3v) is 4.03.